The Kier molecular flexibility index (Phi) is 8.31. The van der Waals surface area contributed by atoms with Gasteiger partial charge in [0.15, 0.2) is 0 Å². The van der Waals surface area contributed by atoms with Crippen LogP contribution in [0.15, 0.2) is 58.3 Å². The average Bonchev–Trinajstić information content (AvgIpc) is 2.67. The number of nitrogens with zero attached hydrogens (tertiary/aromatic N) is 1. The summed E-state index contributed by atoms with van der Waals surface area (Å²) in [5.74, 6) is 0.187. The molecule has 2 aromatic rings. The molecule has 29 heavy (non-hydrogen) atoms. The third kappa shape index (κ3) is 6.32. The van der Waals surface area contributed by atoms with Crippen molar-refractivity contribution < 1.29 is 13.2 Å². The van der Waals surface area contributed by atoms with Crippen molar-refractivity contribution in [1.82, 2.24) is 4.31 Å². The summed E-state index contributed by atoms with van der Waals surface area (Å²) in [5.41, 5.74) is 1.15. The molecule has 0 radical (unpaired) electrons. The minimum atomic E-state index is -3.60. The molecule has 5 nitrogen and oxygen atoms in total. The molecule has 0 atom stereocenters. The molecule has 0 spiro atoms. The number of hydrogen-bond acceptors (Lipinski definition) is 4. The first-order valence-electron chi connectivity index (χ1n) is 9.69. The van der Waals surface area contributed by atoms with Gasteiger partial charge in [0.05, 0.1) is 10.6 Å². The zero-order chi connectivity index (χ0) is 21.6. The summed E-state index contributed by atoms with van der Waals surface area (Å²) in [5, 5.41) is 2.89. The maximum absolute atomic E-state index is 13.1. The van der Waals surface area contributed by atoms with E-state index < -0.39 is 10.0 Å². The van der Waals surface area contributed by atoms with Crippen LogP contribution < -0.4 is 5.32 Å². The zero-order valence-electron chi connectivity index (χ0n) is 17.7. The number of thioether (sulfide) groups is 1. The van der Waals surface area contributed by atoms with E-state index in [0.29, 0.717) is 18.7 Å². The van der Waals surface area contributed by atoms with Crippen molar-refractivity contribution in [2.45, 2.75) is 37.5 Å². The summed E-state index contributed by atoms with van der Waals surface area (Å²) in [6, 6.07) is 13.7. The highest BCUT2D eigenvalue weighted by molar-refractivity contribution is 7.98. The topological polar surface area (TPSA) is 66.5 Å². The molecule has 0 saturated heterocycles. The molecule has 1 N–H and O–H groups in total. The molecule has 0 bridgehead atoms. The molecule has 0 aliphatic carbocycles. The van der Waals surface area contributed by atoms with E-state index in [-0.39, 0.29) is 22.6 Å². The van der Waals surface area contributed by atoms with Crippen LogP contribution in [0.1, 0.15) is 38.1 Å². The van der Waals surface area contributed by atoms with Crippen LogP contribution in [-0.2, 0) is 10.0 Å². The molecule has 0 aliphatic rings. The lowest BCUT2D eigenvalue weighted by Gasteiger charge is -2.25. The predicted molar refractivity (Wildman–Crippen MR) is 121 cm³/mol. The van der Waals surface area contributed by atoms with Crippen molar-refractivity contribution in [3.8, 4) is 0 Å². The van der Waals surface area contributed by atoms with E-state index in [0.717, 1.165) is 10.6 Å². The van der Waals surface area contributed by atoms with Crippen LogP contribution in [0.5, 0.6) is 0 Å². The van der Waals surface area contributed by atoms with Gasteiger partial charge in [0.25, 0.3) is 5.91 Å². The highest BCUT2D eigenvalue weighted by atomic mass is 32.2. The Bertz CT molecular complexity index is 913. The number of carbonyl (C=O) groups is 1. The monoisotopic (exact) mass is 434 g/mol. The molecular formula is C22H30N2O3S2. The molecule has 0 heterocycles. The van der Waals surface area contributed by atoms with Gasteiger partial charge in [-0.3, -0.25) is 4.79 Å². The number of para-hydroxylation sites is 1. The number of hydrogen-bond donors (Lipinski definition) is 1. The fourth-order valence-corrected chi connectivity index (χ4v) is 5.28. The van der Waals surface area contributed by atoms with Gasteiger partial charge in [-0.15, -0.1) is 11.8 Å². The minimum Gasteiger partial charge on any atom is -0.321 e. The van der Waals surface area contributed by atoms with Gasteiger partial charge >= 0.3 is 0 Å². The van der Waals surface area contributed by atoms with E-state index in [2.05, 4.69) is 5.32 Å². The normalized spacial score (nSPS) is 12.0. The van der Waals surface area contributed by atoms with Crippen LogP contribution >= 0.6 is 11.8 Å². The first-order valence-corrected chi connectivity index (χ1v) is 12.4. The van der Waals surface area contributed by atoms with Gasteiger partial charge in [-0.2, -0.15) is 4.31 Å². The number of carbonyl (C=O) groups excluding carboxylic acids is 1. The van der Waals surface area contributed by atoms with Gasteiger partial charge < -0.3 is 5.32 Å². The van der Waals surface area contributed by atoms with E-state index in [1.165, 1.54) is 16.4 Å². The van der Waals surface area contributed by atoms with Gasteiger partial charge in [-0.05, 0) is 54.5 Å². The molecule has 158 valence electrons. The molecular weight excluding hydrogens is 404 g/mol. The van der Waals surface area contributed by atoms with E-state index in [4.69, 9.17) is 0 Å². The number of amides is 1. The van der Waals surface area contributed by atoms with Gasteiger partial charge in [0.1, 0.15) is 0 Å². The Morgan fingerprint density at radius 2 is 1.52 bits per heavy atom. The van der Waals surface area contributed by atoms with Crippen LogP contribution in [0.25, 0.3) is 0 Å². The first-order chi connectivity index (χ1) is 13.6. The van der Waals surface area contributed by atoms with Crippen molar-refractivity contribution in [3.05, 3.63) is 54.1 Å². The van der Waals surface area contributed by atoms with Gasteiger partial charge in [-0.1, -0.05) is 39.8 Å². The van der Waals surface area contributed by atoms with Gasteiger partial charge in [0.2, 0.25) is 10.0 Å². The quantitative estimate of drug-likeness (QED) is 0.566. The average molecular weight is 435 g/mol. The smallest absolute Gasteiger partial charge is 0.255 e. The second-order valence-corrected chi connectivity index (χ2v) is 10.6. The Morgan fingerprint density at radius 3 is 2.03 bits per heavy atom. The Balaban J connectivity index is 2.22. The Morgan fingerprint density at radius 1 is 0.966 bits per heavy atom. The number of rotatable bonds is 9. The molecule has 2 rings (SSSR count). The van der Waals surface area contributed by atoms with Crippen LogP contribution in [0.4, 0.5) is 5.69 Å². The Labute approximate surface area is 178 Å². The second kappa shape index (κ2) is 10.3. The summed E-state index contributed by atoms with van der Waals surface area (Å²) < 4.78 is 27.7. The minimum absolute atomic E-state index is 0.208. The highest BCUT2D eigenvalue weighted by Crippen LogP contribution is 2.25. The van der Waals surface area contributed by atoms with E-state index in [9.17, 15) is 13.2 Å². The summed E-state index contributed by atoms with van der Waals surface area (Å²) in [4.78, 5) is 13.8. The van der Waals surface area contributed by atoms with Crippen LogP contribution in [-0.4, -0.2) is 38.0 Å². The molecule has 1 amide bonds. The van der Waals surface area contributed by atoms with Gasteiger partial charge in [-0.25, -0.2) is 8.42 Å². The zero-order valence-corrected chi connectivity index (χ0v) is 19.3. The number of nitrogens with one attached hydrogen (secondary N) is 1. The predicted octanol–water partition coefficient (Wildman–Crippen LogP) is 4.96. The van der Waals surface area contributed by atoms with Crippen molar-refractivity contribution in [3.63, 3.8) is 0 Å². The number of sulfonamides is 1. The maximum Gasteiger partial charge on any atom is 0.255 e. The second-order valence-electron chi connectivity index (χ2n) is 7.79. The van der Waals surface area contributed by atoms with Crippen LogP contribution in [0.2, 0.25) is 0 Å². The molecule has 0 aromatic heterocycles. The van der Waals surface area contributed by atoms with Gasteiger partial charge in [0, 0.05) is 23.5 Å². The third-order valence-corrected chi connectivity index (χ3v) is 6.89. The van der Waals surface area contributed by atoms with E-state index in [1.54, 1.807) is 23.9 Å². The largest absolute Gasteiger partial charge is 0.321 e. The lowest BCUT2D eigenvalue weighted by Crippen LogP contribution is -2.37. The van der Waals surface area contributed by atoms with Crippen molar-refractivity contribution in [1.29, 1.82) is 0 Å². The van der Waals surface area contributed by atoms with Crippen molar-refractivity contribution >= 4 is 33.4 Å². The molecule has 2 aromatic carbocycles. The van der Waals surface area contributed by atoms with E-state index in [1.807, 2.05) is 58.2 Å². The number of benzene rings is 2. The standard InChI is InChI=1S/C22H30N2O3S2/c1-16(2)14-24(15-17(3)4)29(26,27)19-12-10-18(11-13-19)22(25)23-20-8-6-7-9-21(20)28-5/h6-13,16-17H,14-15H2,1-5H3,(H,23,25). The molecule has 0 aliphatic heterocycles. The fraction of sp³-hybridized carbons (Fsp3) is 0.409. The first kappa shape index (κ1) is 23.4. The highest BCUT2D eigenvalue weighted by Gasteiger charge is 2.26. The summed E-state index contributed by atoms with van der Waals surface area (Å²) >= 11 is 1.55. The van der Waals surface area contributed by atoms with Crippen molar-refractivity contribution in [2.24, 2.45) is 11.8 Å². The molecule has 0 fully saturated rings. The lowest BCUT2D eigenvalue weighted by atomic mass is 10.2. The maximum atomic E-state index is 13.1. The summed E-state index contributed by atoms with van der Waals surface area (Å²) in [6.07, 6.45) is 1.95. The summed E-state index contributed by atoms with van der Waals surface area (Å²) in [6.45, 7) is 8.94. The SMILES string of the molecule is CSc1ccccc1NC(=O)c1ccc(S(=O)(=O)N(CC(C)C)CC(C)C)cc1. The van der Waals surface area contributed by atoms with E-state index >= 15 is 0 Å². The van der Waals surface area contributed by atoms with Crippen LogP contribution in [0.3, 0.4) is 0 Å². The lowest BCUT2D eigenvalue weighted by molar-refractivity contribution is 0.102. The molecule has 7 heteroatoms. The molecule has 0 unspecified atom stereocenters. The Hall–Kier alpha value is -1.83. The fourth-order valence-electron chi connectivity index (χ4n) is 2.96. The van der Waals surface area contributed by atoms with Crippen molar-refractivity contribution in [2.75, 3.05) is 24.7 Å². The number of anilines is 1. The molecule has 0 saturated carbocycles. The summed E-state index contributed by atoms with van der Waals surface area (Å²) in [7, 11) is -3.60. The third-order valence-electron chi connectivity index (χ3n) is 4.25. The van der Waals surface area contributed by atoms with Crippen LogP contribution in [0, 0.1) is 11.8 Å².